The highest BCUT2D eigenvalue weighted by molar-refractivity contribution is 5.98. The molecule has 6 nitrogen and oxygen atoms in total. The number of carbonyl (C=O) groups is 2. The first-order valence-electron chi connectivity index (χ1n) is 9.44. The molecule has 1 N–H and O–H groups in total. The van der Waals surface area contributed by atoms with Crippen molar-refractivity contribution < 1.29 is 9.59 Å². The number of aromatic nitrogens is 2. The van der Waals surface area contributed by atoms with Gasteiger partial charge < -0.3 is 10.2 Å². The Kier molecular flexibility index (Phi) is 4.77. The molecule has 0 radical (unpaired) electrons. The smallest absolute Gasteiger partial charge is 0.254 e. The zero-order chi connectivity index (χ0) is 19.7. The molecule has 0 saturated carbocycles. The highest BCUT2D eigenvalue weighted by atomic mass is 16.2. The molecule has 0 spiro atoms. The molecule has 2 heterocycles. The number of aryl methyl sites for hydroxylation is 1. The number of fused-ring (bicyclic) bond motifs is 1. The Balaban J connectivity index is 1.73. The number of rotatable bonds is 2. The molecule has 28 heavy (non-hydrogen) atoms. The molecule has 2 amide bonds. The van der Waals surface area contributed by atoms with Crippen molar-refractivity contribution in [1.29, 1.82) is 0 Å². The average molecular weight is 374 g/mol. The number of nitrogens with one attached hydrogen (secondary N) is 1. The number of nitrogens with zero attached hydrogens (tertiary/aromatic N) is 3. The zero-order valence-electron chi connectivity index (χ0n) is 16.0. The Morgan fingerprint density at radius 2 is 1.96 bits per heavy atom. The minimum Gasteiger partial charge on any atom is -0.354 e. The van der Waals surface area contributed by atoms with E-state index >= 15 is 0 Å². The van der Waals surface area contributed by atoms with Gasteiger partial charge in [0, 0.05) is 42.1 Å². The third kappa shape index (κ3) is 3.45. The van der Waals surface area contributed by atoms with E-state index in [1.165, 1.54) is 0 Å². The molecular weight excluding hydrogens is 352 g/mol. The molecule has 0 aliphatic carbocycles. The largest absolute Gasteiger partial charge is 0.354 e. The number of para-hydroxylation sites is 1. The van der Waals surface area contributed by atoms with Gasteiger partial charge in [0.2, 0.25) is 5.91 Å². The fourth-order valence-corrected chi connectivity index (χ4v) is 3.58. The third-order valence-electron chi connectivity index (χ3n) is 5.07. The predicted octanol–water partition coefficient (Wildman–Crippen LogP) is 2.96. The van der Waals surface area contributed by atoms with Crippen molar-refractivity contribution >= 4 is 22.7 Å². The van der Waals surface area contributed by atoms with E-state index in [-0.39, 0.29) is 17.9 Å². The predicted molar refractivity (Wildman–Crippen MR) is 108 cm³/mol. The van der Waals surface area contributed by atoms with Crippen LogP contribution in [0.2, 0.25) is 0 Å². The van der Waals surface area contributed by atoms with E-state index in [1.807, 2.05) is 62.4 Å². The number of benzene rings is 2. The quantitative estimate of drug-likeness (QED) is 0.748. The van der Waals surface area contributed by atoms with Gasteiger partial charge in [-0.3, -0.25) is 9.59 Å². The Bertz CT molecular complexity index is 1060. The molecule has 1 aliphatic rings. The summed E-state index contributed by atoms with van der Waals surface area (Å²) >= 11 is 0. The molecule has 2 aromatic carbocycles. The average Bonchev–Trinajstić information content (AvgIpc) is 2.88. The Morgan fingerprint density at radius 3 is 2.82 bits per heavy atom. The standard InChI is InChI=1S/C22H22N4O2/c1-14-13-23-20(27)10-11-26(14)22(28)17-7-5-6-16(12-17)21-18-8-3-4-9-19(18)24-15(2)25-21/h3-9,12,14H,10-11,13H2,1-2H3,(H,23,27). The molecule has 1 aliphatic heterocycles. The number of hydrogen-bond acceptors (Lipinski definition) is 4. The van der Waals surface area contributed by atoms with Crippen molar-refractivity contribution in [1.82, 2.24) is 20.2 Å². The van der Waals surface area contributed by atoms with Crippen molar-refractivity contribution in [3.63, 3.8) is 0 Å². The number of carbonyl (C=O) groups excluding carboxylic acids is 2. The zero-order valence-corrected chi connectivity index (χ0v) is 16.0. The van der Waals surface area contributed by atoms with Crippen LogP contribution in [0.3, 0.4) is 0 Å². The van der Waals surface area contributed by atoms with Gasteiger partial charge in [0.1, 0.15) is 5.82 Å². The van der Waals surface area contributed by atoms with Crippen molar-refractivity contribution in [2.75, 3.05) is 13.1 Å². The van der Waals surface area contributed by atoms with Crippen LogP contribution in [-0.4, -0.2) is 45.8 Å². The molecule has 4 rings (SSSR count). The second-order valence-electron chi connectivity index (χ2n) is 7.12. The normalized spacial score (nSPS) is 17.3. The lowest BCUT2D eigenvalue weighted by molar-refractivity contribution is -0.120. The second kappa shape index (κ2) is 7.38. The molecule has 1 fully saturated rings. The van der Waals surface area contributed by atoms with E-state index in [0.29, 0.717) is 30.9 Å². The van der Waals surface area contributed by atoms with Crippen LogP contribution in [0.4, 0.5) is 0 Å². The Labute approximate surface area is 163 Å². The highest BCUT2D eigenvalue weighted by Crippen LogP contribution is 2.27. The minimum absolute atomic E-state index is 0.0150. The molecule has 1 aromatic heterocycles. The summed E-state index contributed by atoms with van der Waals surface area (Å²) in [7, 11) is 0. The van der Waals surface area contributed by atoms with Crippen molar-refractivity contribution in [3.8, 4) is 11.3 Å². The maximum absolute atomic E-state index is 13.1. The summed E-state index contributed by atoms with van der Waals surface area (Å²) < 4.78 is 0. The highest BCUT2D eigenvalue weighted by Gasteiger charge is 2.25. The van der Waals surface area contributed by atoms with E-state index in [4.69, 9.17) is 0 Å². The molecule has 6 heteroatoms. The number of hydrogen-bond donors (Lipinski definition) is 1. The number of amides is 2. The summed E-state index contributed by atoms with van der Waals surface area (Å²) in [4.78, 5) is 35.7. The summed E-state index contributed by atoms with van der Waals surface area (Å²) in [5, 5.41) is 3.80. The van der Waals surface area contributed by atoms with Crippen LogP contribution >= 0.6 is 0 Å². The van der Waals surface area contributed by atoms with Gasteiger partial charge in [-0.15, -0.1) is 0 Å². The molecule has 1 atom stereocenters. The van der Waals surface area contributed by atoms with Crippen molar-refractivity contribution in [2.45, 2.75) is 26.3 Å². The van der Waals surface area contributed by atoms with Crippen LogP contribution in [0.1, 0.15) is 29.5 Å². The Hall–Kier alpha value is -3.28. The minimum atomic E-state index is -0.0686. The SMILES string of the molecule is Cc1nc(-c2cccc(C(=O)N3CCC(=O)NCC3C)c2)c2ccccc2n1. The topological polar surface area (TPSA) is 75.2 Å². The fraction of sp³-hybridized carbons (Fsp3) is 0.273. The van der Waals surface area contributed by atoms with Crippen LogP contribution < -0.4 is 5.32 Å². The van der Waals surface area contributed by atoms with Gasteiger partial charge in [-0.25, -0.2) is 9.97 Å². The summed E-state index contributed by atoms with van der Waals surface area (Å²) in [6.07, 6.45) is 0.325. The van der Waals surface area contributed by atoms with Gasteiger partial charge in [-0.1, -0.05) is 30.3 Å². The van der Waals surface area contributed by atoms with E-state index in [1.54, 1.807) is 4.90 Å². The van der Waals surface area contributed by atoms with E-state index in [9.17, 15) is 9.59 Å². The van der Waals surface area contributed by atoms with Crippen LogP contribution in [0.5, 0.6) is 0 Å². The third-order valence-corrected chi connectivity index (χ3v) is 5.07. The molecule has 142 valence electrons. The van der Waals surface area contributed by atoms with Gasteiger partial charge >= 0.3 is 0 Å². The Morgan fingerprint density at radius 1 is 1.14 bits per heavy atom. The summed E-state index contributed by atoms with van der Waals surface area (Å²) in [5.41, 5.74) is 3.18. The second-order valence-corrected chi connectivity index (χ2v) is 7.12. The van der Waals surface area contributed by atoms with Gasteiger partial charge in [0.15, 0.2) is 0 Å². The maximum atomic E-state index is 13.1. The molecule has 1 unspecified atom stereocenters. The first kappa shape index (κ1) is 18.1. The van der Waals surface area contributed by atoms with Crippen LogP contribution in [0.25, 0.3) is 22.2 Å². The van der Waals surface area contributed by atoms with E-state index < -0.39 is 0 Å². The molecule has 1 saturated heterocycles. The summed E-state index contributed by atoms with van der Waals surface area (Å²) in [6.45, 7) is 4.72. The van der Waals surface area contributed by atoms with Gasteiger partial charge in [0.25, 0.3) is 5.91 Å². The monoisotopic (exact) mass is 374 g/mol. The summed E-state index contributed by atoms with van der Waals surface area (Å²) in [6, 6.07) is 15.3. The van der Waals surface area contributed by atoms with Gasteiger partial charge in [-0.05, 0) is 32.0 Å². The van der Waals surface area contributed by atoms with Crippen LogP contribution in [0, 0.1) is 6.92 Å². The van der Waals surface area contributed by atoms with Gasteiger partial charge in [0.05, 0.1) is 11.2 Å². The summed E-state index contributed by atoms with van der Waals surface area (Å²) in [5.74, 6) is 0.607. The van der Waals surface area contributed by atoms with Crippen molar-refractivity contribution in [3.05, 3.63) is 59.9 Å². The van der Waals surface area contributed by atoms with Crippen LogP contribution in [-0.2, 0) is 4.79 Å². The van der Waals surface area contributed by atoms with Crippen molar-refractivity contribution in [2.24, 2.45) is 0 Å². The first-order chi connectivity index (χ1) is 13.5. The molecule has 0 bridgehead atoms. The maximum Gasteiger partial charge on any atom is 0.254 e. The lowest BCUT2D eigenvalue weighted by Gasteiger charge is -2.26. The lowest BCUT2D eigenvalue weighted by atomic mass is 10.0. The van der Waals surface area contributed by atoms with Gasteiger partial charge in [-0.2, -0.15) is 0 Å². The van der Waals surface area contributed by atoms with E-state index in [2.05, 4.69) is 15.3 Å². The first-order valence-corrected chi connectivity index (χ1v) is 9.44. The lowest BCUT2D eigenvalue weighted by Crippen LogP contribution is -2.41. The molecule has 3 aromatic rings. The molecular formula is C22H22N4O2. The van der Waals surface area contributed by atoms with Crippen LogP contribution in [0.15, 0.2) is 48.5 Å². The van der Waals surface area contributed by atoms with E-state index in [0.717, 1.165) is 22.2 Å². The fourth-order valence-electron chi connectivity index (χ4n) is 3.58.